The first-order valence-electron chi connectivity index (χ1n) is 9.90. The Kier molecular flexibility index (Phi) is 7.29. The molecule has 2 N–H and O–H groups in total. The fourth-order valence-corrected chi connectivity index (χ4v) is 4.29. The largest absolute Gasteiger partial charge is 0.493 e. The summed E-state index contributed by atoms with van der Waals surface area (Å²) in [7, 11) is -2.85. The standard InChI is InChI=1S/C21H23F3N2O5S/c1-30-19-12-14(6-11-18(19)31-16-4-2-3-5-16)20(27)26-15-7-9-17(10-8-15)32(28,29)25-13-21(22,23)24/h6-12,16,25H,2-5,13H2,1H3,(H,26,27). The summed E-state index contributed by atoms with van der Waals surface area (Å²) in [5.41, 5.74) is 0.569. The van der Waals surface area contributed by atoms with Crippen LogP contribution in [0.5, 0.6) is 11.5 Å². The first kappa shape index (κ1) is 23.9. The summed E-state index contributed by atoms with van der Waals surface area (Å²) in [6.07, 6.45) is -0.354. The molecule has 0 unspecified atom stereocenters. The van der Waals surface area contributed by atoms with Crippen molar-refractivity contribution < 1.29 is 35.9 Å². The molecule has 1 aliphatic carbocycles. The van der Waals surface area contributed by atoms with Crippen molar-refractivity contribution >= 4 is 21.6 Å². The van der Waals surface area contributed by atoms with Gasteiger partial charge in [-0.1, -0.05) is 0 Å². The van der Waals surface area contributed by atoms with Crippen LogP contribution in [0.2, 0.25) is 0 Å². The van der Waals surface area contributed by atoms with E-state index in [1.165, 1.54) is 24.0 Å². The summed E-state index contributed by atoms with van der Waals surface area (Å²) >= 11 is 0. The maximum Gasteiger partial charge on any atom is 0.402 e. The van der Waals surface area contributed by atoms with Crippen LogP contribution in [0.15, 0.2) is 47.4 Å². The maximum absolute atomic E-state index is 12.6. The van der Waals surface area contributed by atoms with Crippen LogP contribution in [0.3, 0.4) is 0 Å². The van der Waals surface area contributed by atoms with Crippen LogP contribution >= 0.6 is 0 Å². The number of hydrogen-bond acceptors (Lipinski definition) is 5. The van der Waals surface area contributed by atoms with Gasteiger partial charge in [0, 0.05) is 11.3 Å². The van der Waals surface area contributed by atoms with Gasteiger partial charge in [-0.15, -0.1) is 0 Å². The van der Waals surface area contributed by atoms with E-state index >= 15 is 0 Å². The summed E-state index contributed by atoms with van der Waals surface area (Å²) < 4.78 is 73.4. The number of rotatable bonds is 8. The predicted molar refractivity (Wildman–Crippen MR) is 112 cm³/mol. The van der Waals surface area contributed by atoms with E-state index in [4.69, 9.17) is 9.47 Å². The van der Waals surface area contributed by atoms with E-state index < -0.39 is 28.7 Å². The van der Waals surface area contributed by atoms with Gasteiger partial charge in [0.05, 0.1) is 18.1 Å². The lowest BCUT2D eigenvalue weighted by molar-refractivity contribution is -0.121. The van der Waals surface area contributed by atoms with E-state index in [-0.39, 0.29) is 16.7 Å². The Morgan fingerprint density at radius 2 is 1.72 bits per heavy atom. The predicted octanol–water partition coefficient (Wildman–Crippen LogP) is 4.11. The Labute approximate surface area is 184 Å². The number of anilines is 1. The summed E-state index contributed by atoms with van der Waals surface area (Å²) in [5, 5.41) is 2.61. The third-order valence-electron chi connectivity index (χ3n) is 4.91. The maximum atomic E-state index is 12.6. The quantitative estimate of drug-likeness (QED) is 0.603. The minimum absolute atomic E-state index is 0.129. The monoisotopic (exact) mass is 472 g/mol. The molecule has 1 aliphatic rings. The fourth-order valence-electron chi connectivity index (χ4n) is 3.27. The molecule has 0 aliphatic heterocycles. The van der Waals surface area contributed by atoms with Crippen molar-refractivity contribution in [1.82, 2.24) is 4.72 Å². The Morgan fingerprint density at radius 1 is 1.06 bits per heavy atom. The van der Waals surface area contributed by atoms with Crippen LogP contribution in [-0.2, 0) is 10.0 Å². The van der Waals surface area contributed by atoms with E-state index in [1.54, 1.807) is 18.2 Å². The number of benzene rings is 2. The van der Waals surface area contributed by atoms with Crippen molar-refractivity contribution in [1.29, 1.82) is 0 Å². The molecule has 1 saturated carbocycles. The number of hydrogen-bond donors (Lipinski definition) is 2. The summed E-state index contributed by atoms with van der Waals surface area (Å²) in [4.78, 5) is 12.2. The lowest BCUT2D eigenvalue weighted by atomic mass is 10.1. The molecule has 3 rings (SSSR count). The zero-order chi connectivity index (χ0) is 23.4. The highest BCUT2D eigenvalue weighted by Crippen LogP contribution is 2.32. The van der Waals surface area contributed by atoms with Gasteiger partial charge in [-0.05, 0) is 68.1 Å². The number of alkyl halides is 3. The third-order valence-corrected chi connectivity index (χ3v) is 6.32. The molecule has 2 aromatic rings. The number of carbonyl (C=O) groups excluding carboxylic acids is 1. The lowest BCUT2D eigenvalue weighted by Crippen LogP contribution is -2.33. The average molecular weight is 472 g/mol. The summed E-state index contributed by atoms with van der Waals surface area (Å²) in [6, 6.07) is 9.57. The number of amides is 1. The fraction of sp³-hybridized carbons (Fsp3) is 0.381. The first-order chi connectivity index (χ1) is 15.1. The second-order valence-corrected chi connectivity index (χ2v) is 9.08. The Balaban J connectivity index is 1.66. The molecule has 0 radical (unpaired) electrons. The molecule has 0 spiro atoms. The normalized spacial score (nSPS) is 14.9. The van der Waals surface area contributed by atoms with E-state index in [9.17, 15) is 26.4 Å². The molecule has 0 heterocycles. The number of sulfonamides is 1. The van der Waals surface area contributed by atoms with Crippen molar-refractivity contribution in [3.05, 3.63) is 48.0 Å². The molecule has 7 nitrogen and oxygen atoms in total. The van der Waals surface area contributed by atoms with E-state index in [1.807, 2.05) is 0 Å². The van der Waals surface area contributed by atoms with Crippen LogP contribution in [0.4, 0.5) is 18.9 Å². The third kappa shape index (κ3) is 6.36. The van der Waals surface area contributed by atoms with E-state index in [0.29, 0.717) is 17.1 Å². The van der Waals surface area contributed by atoms with Gasteiger partial charge in [0.25, 0.3) is 5.91 Å². The zero-order valence-corrected chi connectivity index (χ0v) is 18.1. The van der Waals surface area contributed by atoms with Gasteiger partial charge in [-0.25, -0.2) is 13.1 Å². The van der Waals surface area contributed by atoms with Crippen molar-refractivity contribution in [2.45, 2.75) is 42.9 Å². The average Bonchev–Trinajstić information content (AvgIpc) is 3.26. The molecule has 1 amide bonds. The Bertz CT molecular complexity index is 1050. The molecule has 32 heavy (non-hydrogen) atoms. The number of halogens is 3. The molecular formula is C21H23F3N2O5S. The molecular weight excluding hydrogens is 449 g/mol. The van der Waals surface area contributed by atoms with Gasteiger partial charge in [-0.2, -0.15) is 13.2 Å². The molecule has 174 valence electrons. The smallest absolute Gasteiger partial charge is 0.402 e. The van der Waals surface area contributed by atoms with Gasteiger partial charge in [0.15, 0.2) is 11.5 Å². The highest BCUT2D eigenvalue weighted by Gasteiger charge is 2.30. The highest BCUT2D eigenvalue weighted by atomic mass is 32.2. The van der Waals surface area contributed by atoms with Crippen molar-refractivity contribution in [2.24, 2.45) is 0 Å². The molecule has 0 aromatic heterocycles. The van der Waals surface area contributed by atoms with Crippen molar-refractivity contribution in [3.63, 3.8) is 0 Å². The SMILES string of the molecule is COc1cc(C(=O)Nc2ccc(S(=O)(=O)NCC(F)(F)F)cc2)ccc1OC1CCCC1. The molecule has 0 atom stereocenters. The van der Waals surface area contributed by atoms with E-state index in [0.717, 1.165) is 37.8 Å². The summed E-state index contributed by atoms with van der Waals surface area (Å²) in [5.74, 6) is 0.500. The number of nitrogens with one attached hydrogen (secondary N) is 2. The van der Waals surface area contributed by atoms with Crippen LogP contribution in [-0.4, -0.2) is 40.3 Å². The van der Waals surface area contributed by atoms with Crippen LogP contribution in [0.1, 0.15) is 36.0 Å². The minimum atomic E-state index is -4.67. The van der Waals surface area contributed by atoms with Crippen molar-refractivity contribution in [3.8, 4) is 11.5 Å². The van der Waals surface area contributed by atoms with Crippen molar-refractivity contribution in [2.75, 3.05) is 19.0 Å². The van der Waals surface area contributed by atoms with Gasteiger partial charge >= 0.3 is 6.18 Å². The Morgan fingerprint density at radius 3 is 2.31 bits per heavy atom. The number of carbonyl (C=O) groups is 1. The highest BCUT2D eigenvalue weighted by molar-refractivity contribution is 7.89. The molecule has 11 heteroatoms. The zero-order valence-electron chi connectivity index (χ0n) is 17.2. The van der Waals surface area contributed by atoms with Gasteiger partial charge in [-0.3, -0.25) is 4.79 Å². The second kappa shape index (κ2) is 9.78. The number of ether oxygens (including phenoxy) is 2. The van der Waals surface area contributed by atoms with Crippen LogP contribution < -0.4 is 19.5 Å². The first-order valence-corrected chi connectivity index (χ1v) is 11.4. The molecule has 2 aromatic carbocycles. The van der Waals surface area contributed by atoms with E-state index in [2.05, 4.69) is 5.32 Å². The number of methoxy groups -OCH3 is 1. The van der Waals surface area contributed by atoms with Crippen LogP contribution in [0, 0.1) is 0 Å². The molecule has 0 bridgehead atoms. The van der Waals surface area contributed by atoms with Crippen LogP contribution in [0.25, 0.3) is 0 Å². The molecule has 1 fully saturated rings. The van der Waals surface area contributed by atoms with Gasteiger partial charge in [0.1, 0.15) is 6.54 Å². The van der Waals surface area contributed by atoms with Gasteiger partial charge in [0.2, 0.25) is 10.0 Å². The van der Waals surface area contributed by atoms with Gasteiger partial charge < -0.3 is 14.8 Å². The molecule has 0 saturated heterocycles. The lowest BCUT2D eigenvalue weighted by Gasteiger charge is -2.16. The Hall–Kier alpha value is -2.79. The topological polar surface area (TPSA) is 93.7 Å². The minimum Gasteiger partial charge on any atom is -0.493 e. The second-order valence-electron chi connectivity index (χ2n) is 7.31. The summed E-state index contributed by atoms with van der Waals surface area (Å²) in [6.45, 7) is -1.67.